The van der Waals surface area contributed by atoms with Crippen LogP contribution in [0.3, 0.4) is 0 Å². The Morgan fingerprint density at radius 2 is 1.29 bits per heavy atom. The fraction of sp³-hybridized carbons (Fsp3) is 0.438. The van der Waals surface area contributed by atoms with Gasteiger partial charge in [-0.25, -0.2) is 0 Å². The molecule has 0 saturated heterocycles. The summed E-state index contributed by atoms with van der Waals surface area (Å²) < 4.78 is 7.04. The van der Waals surface area contributed by atoms with E-state index in [4.69, 9.17) is 4.43 Å². The molecule has 0 aliphatic carbocycles. The van der Waals surface area contributed by atoms with Crippen LogP contribution in [-0.4, -0.2) is 14.9 Å². The monoisotopic (exact) mass is 474 g/mol. The van der Waals surface area contributed by atoms with Gasteiger partial charge in [-0.3, -0.25) is 0 Å². The summed E-state index contributed by atoms with van der Waals surface area (Å²) in [6.45, 7) is 16.6. The Morgan fingerprint density at radius 1 is 0.765 bits per heavy atom. The smallest absolute Gasteiger partial charge is 0.261 e. The van der Waals surface area contributed by atoms with E-state index in [1.807, 2.05) is 0 Å². The van der Waals surface area contributed by atoms with Crippen molar-refractivity contribution in [1.29, 1.82) is 0 Å². The lowest BCUT2D eigenvalue weighted by atomic mass is 10.0. The van der Waals surface area contributed by atoms with Crippen LogP contribution in [0.4, 0.5) is 0 Å². The Labute approximate surface area is 210 Å². The van der Waals surface area contributed by atoms with Crippen LogP contribution >= 0.6 is 0 Å². The summed E-state index contributed by atoms with van der Waals surface area (Å²) >= 11 is 0. The summed E-state index contributed by atoms with van der Waals surface area (Å²) in [5, 5.41) is 2.70. The molecule has 0 unspecified atom stereocenters. The quantitative estimate of drug-likeness (QED) is 0.222. The Balaban J connectivity index is 2.19. The van der Waals surface area contributed by atoms with Gasteiger partial charge in [0.15, 0.2) is 0 Å². The molecule has 0 amide bonds. The van der Waals surface area contributed by atoms with Gasteiger partial charge >= 0.3 is 0 Å². The average molecular weight is 475 g/mol. The number of benzene rings is 2. The van der Waals surface area contributed by atoms with Crippen LogP contribution in [0.25, 0.3) is 0 Å². The zero-order chi connectivity index (χ0) is 25.0. The van der Waals surface area contributed by atoms with E-state index in [-0.39, 0.29) is 5.04 Å². The second-order valence-corrected chi connectivity index (χ2v) is 14.9. The Morgan fingerprint density at radius 3 is 1.76 bits per heavy atom. The maximum atomic E-state index is 7.04. The third-order valence-electron chi connectivity index (χ3n) is 6.59. The first-order valence-electron chi connectivity index (χ1n) is 12.9. The van der Waals surface area contributed by atoms with Gasteiger partial charge in [0.1, 0.15) is 0 Å². The summed E-state index contributed by atoms with van der Waals surface area (Å²) in [6.07, 6.45) is 12.7. The highest BCUT2D eigenvalue weighted by atomic mass is 28.4. The van der Waals surface area contributed by atoms with Crippen molar-refractivity contribution in [3.05, 3.63) is 95.6 Å². The van der Waals surface area contributed by atoms with Crippen molar-refractivity contribution in [3.63, 3.8) is 0 Å². The van der Waals surface area contributed by atoms with E-state index >= 15 is 0 Å². The van der Waals surface area contributed by atoms with Gasteiger partial charge in [-0.2, -0.15) is 0 Å². The van der Waals surface area contributed by atoms with E-state index in [2.05, 4.69) is 127 Å². The second kappa shape index (κ2) is 13.7. The van der Waals surface area contributed by atoms with Crippen molar-refractivity contribution in [1.82, 2.24) is 0 Å². The van der Waals surface area contributed by atoms with Crippen molar-refractivity contribution in [2.75, 3.05) is 6.61 Å². The van der Waals surface area contributed by atoms with Crippen LogP contribution in [0.1, 0.15) is 80.6 Å². The van der Waals surface area contributed by atoms with Crippen LogP contribution in [0, 0.1) is 0 Å². The maximum Gasteiger partial charge on any atom is 0.261 e. The molecular formula is C32H46OSi. The van der Waals surface area contributed by atoms with Crippen LogP contribution < -0.4 is 10.4 Å². The van der Waals surface area contributed by atoms with E-state index < -0.39 is 8.32 Å². The highest BCUT2D eigenvalue weighted by Gasteiger charge is 2.49. The molecule has 0 bridgehead atoms. The van der Waals surface area contributed by atoms with Crippen molar-refractivity contribution >= 4 is 18.7 Å². The highest BCUT2D eigenvalue weighted by molar-refractivity contribution is 6.99. The van der Waals surface area contributed by atoms with Gasteiger partial charge in [0.2, 0.25) is 0 Å². The molecule has 0 heterocycles. The standard InChI is InChI=1S/C32H46OSi/c1-8-29(20-16-19-28(4)18-15-17-27(2)3)25-26-33-34(32(5,6)7,30-21-11-9-12-22-30)31-23-13-10-14-24-31/h9-14,17,19,21-25H,8,15-16,18,20,26H2,1-7H3/b28-19+,29-25+. The third kappa shape index (κ3) is 7.96. The van der Waals surface area contributed by atoms with Gasteiger partial charge < -0.3 is 4.43 Å². The van der Waals surface area contributed by atoms with E-state index in [0.717, 1.165) is 32.1 Å². The van der Waals surface area contributed by atoms with Crippen LogP contribution in [0.15, 0.2) is 95.6 Å². The molecule has 0 fully saturated rings. The summed E-state index contributed by atoms with van der Waals surface area (Å²) in [4.78, 5) is 0. The molecule has 0 atom stereocenters. The topological polar surface area (TPSA) is 9.23 Å². The molecule has 1 nitrogen and oxygen atoms in total. The Hall–Kier alpha value is -2.16. The summed E-state index contributed by atoms with van der Waals surface area (Å²) in [6, 6.07) is 21.8. The molecule has 0 aromatic heterocycles. The van der Waals surface area contributed by atoms with E-state index in [1.54, 1.807) is 0 Å². The zero-order valence-electron chi connectivity index (χ0n) is 22.7. The van der Waals surface area contributed by atoms with Gasteiger partial charge in [-0.1, -0.05) is 123 Å². The molecule has 0 aliphatic heterocycles. The van der Waals surface area contributed by atoms with Gasteiger partial charge in [0.05, 0.1) is 6.61 Å². The minimum atomic E-state index is -2.46. The van der Waals surface area contributed by atoms with Gasteiger partial charge in [-0.15, -0.1) is 0 Å². The first-order valence-corrected chi connectivity index (χ1v) is 14.8. The maximum absolute atomic E-state index is 7.04. The molecule has 2 aromatic carbocycles. The van der Waals surface area contributed by atoms with Crippen LogP contribution in [-0.2, 0) is 4.43 Å². The van der Waals surface area contributed by atoms with Gasteiger partial charge in [0.25, 0.3) is 8.32 Å². The van der Waals surface area contributed by atoms with Crippen LogP contribution in [0.5, 0.6) is 0 Å². The molecule has 0 saturated carbocycles. The lowest BCUT2D eigenvalue weighted by Gasteiger charge is -2.42. The van der Waals surface area contributed by atoms with E-state index in [0.29, 0.717) is 6.61 Å². The number of rotatable bonds is 12. The third-order valence-corrected chi connectivity index (χ3v) is 11.6. The normalized spacial score (nSPS) is 13.1. The first-order chi connectivity index (χ1) is 16.2. The molecule has 2 heteroatoms. The lowest BCUT2D eigenvalue weighted by Crippen LogP contribution is -2.66. The SMILES string of the molecule is CC/C(=C\CO[Si](c1ccccc1)(c1ccccc1)C(C)(C)C)CC/C=C(\C)CCC=C(C)C. The molecule has 2 rings (SSSR count). The minimum absolute atomic E-state index is 0.0149. The van der Waals surface area contributed by atoms with E-state index in [9.17, 15) is 0 Å². The molecule has 0 spiro atoms. The predicted octanol–water partition coefficient (Wildman–Crippen LogP) is 8.37. The van der Waals surface area contributed by atoms with E-state index in [1.165, 1.54) is 27.1 Å². The van der Waals surface area contributed by atoms with Crippen molar-refractivity contribution < 1.29 is 4.43 Å². The molecule has 0 radical (unpaired) electrons. The average Bonchev–Trinajstić information content (AvgIpc) is 2.81. The van der Waals surface area contributed by atoms with Crippen molar-refractivity contribution in [3.8, 4) is 0 Å². The minimum Gasteiger partial charge on any atom is -0.404 e. The molecule has 34 heavy (non-hydrogen) atoms. The molecule has 0 aliphatic rings. The van der Waals surface area contributed by atoms with Crippen LogP contribution in [0.2, 0.25) is 5.04 Å². The molecule has 0 N–H and O–H groups in total. The fourth-order valence-electron chi connectivity index (χ4n) is 4.66. The Kier molecular flexibility index (Phi) is 11.3. The number of hydrogen-bond donors (Lipinski definition) is 0. The predicted molar refractivity (Wildman–Crippen MR) is 154 cm³/mol. The fourth-order valence-corrected chi connectivity index (χ4v) is 9.15. The van der Waals surface area contributed by atoms with Gasteiger partial charge in [0, 0.05) is 0 Å². The highest BCUT2D eigenvalue weighted by Crippen LogP contribution is 2.36. The molecular weight excluding hydrogens is 428 g/mol. The van der Waals surface area contributed by atoms with Gasteiger partial charge in [-0.05, 0) is 68.3 Å². The van der Waals surface area contributed by atoms with Crippen molar-refractivity contribution in [2.45, 2.75) is 85.6 Å². The summed E-state index contributed by atoms with van der Waals surface area (Å²) in [7, 11) is -2.46. The lowest BCUT2D eigenvalue weighted by molar-refractivity contribution is 0.338. The summed E-state index contributed by atoms with van der Waals surface area (Å²) in [5.41, 5.74) is 4.40. The Bertz CT molecular complexity index is 902. The second-order valence-electron chi connectivity index (χ2n) is 10.6. The largest absolute Gasteiger partial charge is 0.404 e. The van der Waals surface area contributed by atoms with Crippen molar-refractivity contribution in [2.24, 2.45) is 0 Å². The first kappa shape index (κ1) is 28.1. The summed E-state index contributed by atoms with van der Waals surface area (Å²) in [5.74, 6) is 0. The molecule has 184 valence electrons. The molecule has 2 aromatic rings. The number of hydrogen-bond acceptors (Lipinski definition) is 1. The zero-order valence-corrected chi connectivity index (χ0v) is 23.7. The number of allylic oxidation sites excluding steroid dienone is 5.